The number of rotatable bonds is 6. The lowest BCUT2D eigenvalue weighted by atomic mass is 10.0. The van der Waals surface area contributed by atoms with Gasteiger partial charge in [-0.05, 0) is 54.1 Å². The first-order chi connectivity index (χ1) is 13.1. The molecule has 0 spiro atoms. The summed E-state index contributed by atoms with van der Waals surface area (Å²) in [5.74, 6) is 0.0684. The van der Waals surface area contributed by atoms with Gasteiger partial charge in [0.15, 0.2) is 0 Å². The largest absolute Gasteiger partial charge is 0.495 e. The van der Waals surface area contributed by atoms with Gasteiger partial charge in [0, 0.05) is 23.9 Å². The lowest BCUT2D eigenvalue weighted by Gasteiger charge is -2.12. The number of carbonyl (C=O) groups is 1. The molecule has 27 heavy (non-hydrogen) atoms. The van der Waals surface area contributed by atoms with Gasteiger partial charge in [-0.3, -0.25) is 14.8 Å². The molecule has 0 atom stereocenters. The third-order valence-corrected chi connectivity index (χ3v) is 4.01. The van der Waals surface area contributed by atoms with Crippen LogP contribution in [-0.2, 0) is 11.3 Å². The molecule has 0 unspecified atom stereocenters. The van der Waals surface area contributed by atoms with Crippen molar-refractivity contribution in [3.63, 3.8) is 0 Å². The Morgan fingerprint density at radius 1 is 1.15 bits per heavy atom. The maximum absolute atomic E-state index is 13.2. The Morgan fingerprint density at radius 3 is 2.52 bits per heavy atom. The molecule has 3 aromatic rings. The van der Waals surface area contributed by atoms with E-state index in [2.05, 4.69) is 21.9 Å². The maximum atomic E-state index is 13.2. The van der Waals surface area contributed by atoms with Crippen LogP contribution in [0.25, 0.3) is 22.5 Å². The molecule has 1 amide bonds. The Hall–Kier alpha value is -3.54. The van der Waals surface area contributed by atoms with Gasteiger partial charge in [-0.15, -0.1) is 0 Å². The van der Waals surface area contributed by atoms with Crippen LogP contribution in [0.1, 0.15) is 5.56 Å². The van der Waals surface area contributed by atoms with Crippen LogP contribution in [0.15, 0.2) is 67.5 Å². The number of hydrogen-bond acceptors (Lipinski definition) is 4. The van der Waals surface area contributed by atoms with Crippen molar-refractivity contribution in [2.24, 2.45) is 0 Å². The smallest absolute Gasteiger partial charge is 0.243 e. The number of carbonyl (C=O) groups excluding carboxylic acids is 1. The molecule has 1 N–H and O–H groups in total. The highest BCUT2D eigenvalue weighted by Crippen LogP contribution is 2.28. The van der Waals surface area contributed by atoms with Crippen LogP contribution in [0.2, 0.25) is 0 Å². The lowest BCUT2D eigenvalue weighted by Crippen LogP contribution is -2.20. The summed E-state index contributed by atoms with van der Waals surface area (Å²) < 4.78 is 18.4. The quantitative estimate of drug-likeness (QED) is 0.677. The van der Waals surface area contributed by atoms with Crippen molar-refractivity contribution in [2.75, 3.05) is 7.11 Å². The van der Waals surface area contributed by atoms with E-state index in [0.29, 0.717) is 17.1 Å². The summed E-state index contributed by atoms with van der Waals surface area (Å²) in [5.41, 5.74) is 3.80. The number of halogens is 1. The molecule has 6 heteroatoms. The van der Waals surface area contributed by atoms with Crippen LogP contribution in [-0.4, -0.2) is 23.0 Å². The molecule has 0 fully saturated rings. The summed E-state index contributed by atoms with van der Waals surface area (Å²) in [5, 5.41) is 2.75. The number of pyridine rings is 2. The molecule has 0 radical (unpaired) electrons. The monoisotopic (exact) mass is 363 g/mol. The van der Waals surface area contributed by atoms with Crippen LogP contribution >= 0.6 is 0 Å². The first-order valence-electron chi connectivity index (χ1n) is 8.26. The number of nitrogens with one attached hydrogen (secondary N) is 1. The molecule has 3 rings (SSSR count). The summed E-state index contributed by atoms with van der Waals surface area (Å²) in [6, 6.07) is 11.6. The first-order valence-corrected chi connectivity index (χ1v) is 8.26. The number of aromatic nitrogens is 2. The van der Waals surface area contributed by atoms with Crippen LogP contribution in [0.3, 0.4) is 0 Å². The van der Waals surface area contributed by atoms with E-state index in [4.69, 9.17) is 4.74 Å². The second-order valence-electron chi connectivity index (χ2n) is 5.74. The van der Waals surface area contributed by atoms with E-state index in [9.17, 15) is 9.18 Å². The van der Waals surface area contributed by atoms with Gasteiger partial charge in [0.1, 0.15) is 11.6 Å². The topological polar surface area (TPSA) is 64.1 Å². The average molecular weight is 363 g/mol. The van der Waals surface area contributed by atoms with Gasteiger partial charge < -0.3 is 10.1 Å². The average Bonchev–Trinajstić information content (AvgIpc) is 2.72. The fourth-order valence-electron chi connectivity index (χ4n) is 2.56. The lowest BCUT2D eigenvalue weighted by molar-refractivity contribution is -0.116. The number of ether oxygens (including phenoxy) is 1. The van der Waals surface area contributed by atoms with Gasteiger partial charge in [0.05, 0.1) is 24.7 Å². The van der Waals surface area contributed by atoms with Gasteiger partial charge in [0.2, 0.25) is 5.91 Å². The zero-order valence-electron chi connectivity index (χ0n) is 14.8. The molecule has 136 valence electrons. The molecule has 1 aromatic carbocycles. The molecular formula is C21H18FN3O2. The third-order valence-electron chi connectivity index (χ3n) is 4.01. The maximum Gasteiger partial charge on any atom is 0.243 e. The van der Waals surface area contributed by atoms with Crippen LogP contribution in [0.4, 0.5) is 4.39 Å². The second kappa shape index (κ2) is 8.23. The fraction of sp³-hybridized carbons (Fsp3) is 0.0952. The van der Waals surface area contributed by atoms with Crippen LogP contribution in [0.5, 0.6) is 5.75 Å². The molecule has 2 aromatic heterocycles. The van der Waals surface area contributed by atoms with Crippen molar-refractivity contribution >= 4 is 5.91 Å². The van der Waals surface area contributed by atoms with Crippen molar-refractivity contribution in [1.29, 1.82) is 0 Å². The fourth-order valence-corrected chi connectivity index (χ4v) is 2.56. The normalized spacial score (nSPS) is 10.3. The molecule has 5 nitrogen and oxygen atoms in total. The highest BCUT2D eigenvalue weighted by molar-refractivity contribution is 5.87. The molecule has 2 heterocycles. The van der Waals surface area contributed by atoms with E-state index < -0.39 is 0 Å². The van der Waals surface area contributed by atoms with Gasteiger partial charge in [0.25, 0.3) is 0 Å². The minimum absolute atomic E-state index is 0.272. The molecule has 0 saturated carbocycles. The first kappa shape index (κ1) is 18.3. The summed E-state index contributed by atoms with van der Waals surface area (Å²) >= 11 is 0. The highest BCUT2D eigenvalue weighted by Gasteiger charge is 2.11. The van der Waals surface area contributed by atoms with E-state index in [1.165, 1.54) is 18.2 Å². The molecule has 0 saturated heterocycles. The SMILES string of the molecule is C=CC(=O)NCc1cnc(-c2ccc(F)cc2)cc1-c1ccc(OC)cn1. The molecular weight excluding hydrogens is 345 g/mol. The predicted molar refractivity (Wildman–Crippen MR) is 101 cm³/mol. The van der Waals surface area contributed by atoms with E-state index in [-0.39, 0.29) is 18.3 Å². The minimum Gasteiger partial charge on any atom is -0.495 e. The van der Waals surface area contributed by atoms with Gasteiger partial charge >= 0.3 is 0 Å². The molecule has 0 aliphatic carbocycles. The zero-order chi connectivity index (χ0) is 19.2. The van der Waals surface area contributed by atoms with Crippen molar-refractivity contribution in [1.82, 2.24) is 15.3 Å². The third kappa shape index (κ3) is 4.36. The highest BCUT2D eigenvalue weighted by atomic mass is 19.1. The summed E-state index contributed by atoms with van der Waals surface area (Å²) in [6.45, 7) is 3.73. The number of methoxy groups -OCH3 is 1. The zero-order valence-corrected chi connectivity index (χ0v) is 14.8. The van der Waals surface area contributed by atoms with Gasteiger partial charge in [-0.1, -0.05) is 6.58 Å². The molecule has 0 bridgehead atoms. The summed E-state index contributed by atoms with van der Waals surface area (Å²) in [7, 11) is 1.58. The number of benzene rings is 1. The summed E-state index contributed by atoms with van der Waals surface area (Å²) in [4.78, 5) is 20.4. The Bertz CT molecular complexity index is 954. The van der Waals surface area contributed by atoms with Crippen LogP contribution in [0, 0.1) is 5.82 Å². The number of nitrogens with zero attached hydrogens (tertiary/aromatic N) is 2. The predicted octanol–water partition coefficient (Wildman–Crippen LogP) is 3.76. The van der Waals surface area contributed by atoms with E-state index in [0.717, 1.165) is 16.7 Å². The van der Waals surface area contributed by atoms with Crippen molar-refractivity contribution in [3.8, 4) is 28.3 Å². The Balaban J connectivity index is 2.03. The van der Waals surface area contributed by atoms with Crippen LogP contribution < -0.4 is 10.1 Å². The van der Waals surface area contributed by atoms with Crippen molar-refractivity contribution in [3.05, 3.63) is 78.9 Å². The summed E-state index contributed by atoms with van der Waals surface area (Å²) in [6.07, 6.45) is 4.52. The van der Waals surface area contributed by atoms with Crippen molar-refractivity contribution in [2.45, 2.75) is 6.54 Å². The molecule has 0 aliphatic heterocycles. The Kier molecular flexibility index (Phi) is 5.56. The van der Waals surface area contributed by atoms with Crippen molar-refractivity contribution < 1.29 is 13.9 Å². The van der Waals surface area contributed by atoms with Gasteiger partial charge in [-0.2, -0.15) is 0 Å². The standard InChI is InChI=1S/C21H18FN3O2/c1-3-21(26)25-12-15-11-23-20(14-4-6-16(22)7-5-14)10-18(15)19-9-8-17(27-2)13-24-19/h3-11,13H,1,12H2,2H3,(H,25,26). The minimum atomic E-state index is -0.306. The Labute approximate surface area is 156 Å². The van der Waals surface area contributed by atoms with E-state index in [1.54, 1.807) is 31.6 Å². The molecule has 0 aliphatic rings. The van der Waals surface area contributed by atoms with E-state index in [1.807, 2.05) is 18.2 Å². The Morgan fingerprint density at radius 2 is 1.89 bits per heavy atom. The van der Waals surface area contributed by atoms with E-state index >= 15 is 0 Å². The number of amides is 1. The second-order valence-corrected chi connectivity index (χ2v) is 5.74. The van der Waals surface area contributed by atoms with Gasteiger partial charge in [-0.25, -0.2) is 4.39 Å². The number of hydrogen-bond donors (Lipinski definition) is 1.